The van der Waals surface area contributed by atoms with Crippen LogP contribution in [0.15, 0.2) is 12.3 Å². The Morgan fingerprint density at radius 2 is 2.00 bits per heavy atom. The topological polar surface area (TPSA) is 70.1 Å². The van der Waals surface area contributed by atoms with Crippen LogP contribution >= 0.6 is 0 Å². The van der Waals surface area contributed by atoms with E-state index in [0.717, 1.165) is 31.6 Å². The Bertz CT molecular complexity index is 344. The van der Waals surface area contributed by atoms with E-state index in [2.05, 4.69) is 41.4 Å². The lowest BCUT2D eigenvalue weighted by molar-refractivity contribution is 0.202. The molecule has 0 saturated carbocycles. The number of anilines is 2. The van der Waals surface area contributed by atoms with E-state index >= 15 is 0 Å². The van der Waals surface area contributed by atoms with Crippen molar-refractivity contribution < 1.29 is 5.11 Å². The Morgan fingerprint density at radius 3 is 2.56 bits per heavy atom. The van der Waals surface area contributed by atoms with E-state index in [0.29, 0.717) is 5.95 Å². The molecule has 0 atom stereocenters. The van der Waals surface area contributed by atoms with Crippen molar-refractivity contribution in [2.24, 2.45) is 0 Å². The van der Waals surface area contributed by atoms with Gasteiger partial charge in [0.05, 0.1) is 12.1 Å². The van der Waals surface area contributed by atoms with Crippen LogP contribution in [0.3, 0.4) is 0 Å². The zero-order chi connectivity index (χ0) is 13.4. The van der Waals surface area contributed by atoms with Crippen LogP contribution in [0.25, 0.3) is 0 Å². The number of hydrogen-bond acceptors (Lipinski definition) is 5. The molecule has 0 radical (unpaired) electrons. The molecule has 0 aromatic carbocycles. The summed E-state index contributed by atoms with van der Waals surface area (Å²) in [6, 6.07) is 1.83. The van der Waals surface area contributed by atoms with Crippen molar-refractivity contribution in [3.05, 3.63) is 12.3 Å². The molecule has 102 valence electrons. The highest BCUT2D eigenvalue weighted by molar-refractivity contribution is 5.42. The van der Waals surface area contributed by atoms with Crippen LogP contribution in [0, 0.1) is 0 Å². The van der Waals surface area contributed by atoms with Gasteiger partial charge in [-0.3, -0.25) is 0 Å². The fraction of sp³-hybridized carbons (Fsp3) is 0.692. The normalized spacial score (nSPS) is 11.3. The van der Waals surface area contributed by atoms with Crippen molar-refractivity contribution in [1.29, 1.82) is 0 Å². The van der Waals surface area contributed by atoms with Gasteiger partial charge < -0.3 is 15.7 Å². The first-order valence-electron chi connectivity index (χ1n) is 6.65. The molecule has 1 aromatic heterocycles. The number of rotatable bonds is 8. The number of nitrogens with one attached hydrogen (secondary N) is 2. The van der Waals surface area contributed by atoms with E-state index in [4.69, 9.17) is 0 Å². The minimum atomic E-state index is -0.295. The third kappa shape index (κ3) is 3.84. The molecule has 3 N–H and O–H groups in total. The number of aromatic nitrogens is 2. The number of aliphatic hydroxyl groups is 1. The molecule has 0 aliphatic heterocycles. The Hall–Kier alpha value is -1.36. The summed E-state index contributed by atoms with van der Waals surface area (Å²) in [6.07, 6.45) is 4.45. The van der Waals surface area contributed by atoms with Crippen molar-refractivity contribution in [3.63, 3.8) is 0 Å². The largest absolute Gasteiger partial charge is 0.394 e. The predicted molar refractivity (Wildman–Crippen MR) is 74.8 cm³/mol. The standard InChI is InChI=1S/C13H24N4O/c1-4-8-14-12-15-9-7-11(16-12)17-13(5-2,6-3)10-18/h7,9,18H,4-6,8,10H2,1-3H3,(H2,14,15,16,17). The van der Waals surface area contributed by atoms with Crippen LogP contribution in [0.2, 0.25) is 0 Å². The zero-order valence-corrected chi connectivity index (χ0v) is 11.5. The van der Waals surface area contributed by atoms with Gasteiger partial charge in [-0.05, 0) is 25.3 Å². The van der Waals surface area contributed by atoms with Crippen LogP contribution < -0.4 is 10.6 Å². The molecule has 0 amide bonds. The highest BCUT2D eigenvalue weighted by atomic mass is 16.3. The van der Waals surface area contributed by atoms with Crippen LogP contribution in [0.5, 0.6) is 0 Å². The molecule has 0 spiro atoms. The van der Waals surface area contributed by atoms with E-state index in [-0.39, 0.29) is 12.1 Å². The molecule has 0 aliphatic rings. The molecule has 1 rings (SSSR count). The third-order valence-electron chi connectivity index (χ3n) is 3.24. The molecule has 0 bridgehead atoms. The molecule has 0 unspecified atom stereocenters. The van der Waals surface area contributed by atoms with Gasteiger partial charge in [0.15, 0.2) is 0 Å². The molecular weight excluding hydrogens is 228 g/mol. The molecule has 18 heavy (non-hydrogen) atoms. The second-order valence-electron chi connectivity index (χ2n) is 4.46. The first kappa shape index (κ1) is 14.7. The predicted octanol–water partition coefficient (Wildman–Crippen LogP) is 2.26. The maximum Gasteiger partial charge on any atom is 0.224 e. The number of aliphatic hydroxyl groups excluding tert-OH is 1. The van der Waals surface area contributed by atoms with Gasteiger partial charge >= 0.3 is 0 Å². The molecule has 5 nitrogen and oxygen atoms in total. The molecule has 0 aliphatic carbocycles. The van der Waals surface area contributed by atoms with Gasteiger partial charge in [-0.15, -0.1) is 0 Å². The summed E-state index contributed by atoms with van der Waals surface area (Å²) < 4.78 is 0. The summed E-state index contributed by atoms with van der Waals surface area (Å²) in [7, 11) is 0. The van der Waals surface area contributed by atoms with Gasteiger partial charge in [-0.2, -0.15) is 4.98 Å². The average Bonchev–Trinajstić information content (AvgIpc) is 2.43. The SMILES string of the molecule is CCCNc1nccc(NC(CC)(CC)CO)n1. The fourth-order valence-corrected chi connectivity index (χ4v) is 1.71. The van der Waals surface area contributed by atoms with E-state index in [9.17, 15) is 5.11 Å². The lowest BCUT2D eigenvalue weighted by Gasteiger charge is -2.31. The smallest absolute Gasteiger partial charge is 0.224 e. The average molecular weight is 252 g/mol. The minimum Gasteiger partial charge on any atom is -0.394 e. The lowest BCUT2D eigenvalue weighted by Crippen LogP contribution is -2.41. The first-order valence-corrected chi connectivity index (χ1v) is 6.65. The monoisotopic (exact) mass is 252 g/mol. The maximum absolute atomic E-state index is 9.53. The van der Waals surface area contributed by atoms with Crippen LogP contribution in [0.4, 0.5) is 11.8 Å². The van der Waals surface area contributed by atoms with E-state index in [1.807, 2.05) is 6.07 Å². The van der Waals surface area contributed by atoms with Crippen molar-refractivity contribution in [1.82, 2.24) is 9.97 Å². The van der Waals surface area contributed by atoms with Crippen LogP contribution in [-0.4, -0.2) is 33.8 Å². The van der Waals surface area contributed by atoms with Crippen LogP contribution in [0.1, 0.15) is 40.0 Å². The second-order valence-corrected chi connectivity index (χ2v) is 4.46. The van der Waals surface area contributed by atoms with Gasteiger partial charge in [-0.1, -0.05) is 20.8 Å². The van der Waals surface area contributed by atoms with Gasteiger partial charge in [0.1, 0.15) is 5.82 Å². The molecule has 5 heteroatoms. The van der Waals surface area contributed by atoms with Crippen molar-refractivity contribution >= 4 is 11.8 Å². The molecule has 1 aromatic rings. The Kier molecular flexibility index (Phi) is 5.85. The molecule has 0 saturated heterocycles. The molecule has 0 fully saturated rings. The third-order valence-corrected chi connectivity index (χ3v) is 3.24. The van der Waals surface area contributed by atoms with E-state index in [1.54, 1.807) is 6.20 Å². The Morgan fingerprint density at radius 1 is 1.28 bits per heavy atom. The van der Waals surface area contributed by atoms with Gasteiger partial charge in [-0.25, -0.2) is 4.98 Å². The lowest BCUT2D eigenvalue weighted by atomic mass is 9.94. The minimum absolute atomic E-state index is 0.0989. The first-order chi connectivity index (χ1) is 8.69. The molecule has 1 heterocycles. The highest BCUT2D eigenvalue weighted by Crippen LogP contribution is 2.20. The summed E-state index contributed by atoms with van der Waals surface area (Å²) in [4.78, 5) is 8.55. The summed E-state index contributed by atoms with van der Waals surface area (Å²) in [6.45, 7) is 7.17. The molecular formula is C13H24N4O. The second kappa shape index (κ2) is 7.16. The Labute approximate surface area is 109 Å². The van der Waals surface area contributed by atoms with Crippen molar-refractivity contribution in [3.8, 4) is 0 Å². The van der Waals surface area contributed by atoms with E-state index < -0.39 is 0 Å². The van der Waals surface area contributed by atoms with Crippen LogP contribution in [-0.2, 0) is 0 Å². The highest BCUT2D eigenvalue weighted by Gasteiger charge is 2.25. The quantitative estimate of drug-likeness (QED) is 0.662. The summed E-state index contributed by atoms with van der Waals surface area (Å²) in [5.41, 5.74) is -0.295. The van der Waals surface area contributed by atoms with Gasteiger partial charge in [0.25, 0.3) is 0 Å². The Balaban J connectivity index is 2.77. The van der Waals surface area contributed by atoms with Crippen molar-refractivity contribution in [2.45, 2.75) is 45.6 Å². The van der Waals surface area contributed by atoms with E-state index in [1.165, 1.54) is 0 Å². The number of nitrogens with zero attached hydrogens (tertiary/aromatic N) is 2. The summed E-state index contributed by atoms with van der Waals surface area (Å²) in [5, 5.41) is 16.0. The fourth-order valence-electron chi connectivity index (χ4n) is 1.71. The maximum atomic E-state index is 9.53. The zero-order valence-electron chi connectivity index (χ0n) is 11.5. The summed E-state index contributed by atoms with van der Waals surface area (Å²) >= 11 is 0. The number of hydrogen-bond donors (Lipinski definition) is 3. The van der Waals surface area contributed by atoms with Gasteiger partial charge in [0, 0.05) is 12.7 Å². The summed E-state index contributed by atoms with van der Waals surface area (Å²) in [5.74, 6) is 1.38. The van der Waals surface area contributed by atoms with Crippen molar-refractivity contribution in [2.75, 3.05) is 23.8 Å². The van der Waals surface area contributed by atoms with Gasteiger partial charge in [0.2, 0.25) is 5.95 Å².